The minimum absolute atomic E-state index is 0.0638. The number of halogens is 4. The zero-order valence-corrected chi connectivity index (χ0v) is 17.5. The highest BCUT2D eigenvalue weighted by Crippen LogP contribution is 2.39. The molecule has 2 heterocycles. The first-order chi connectivity index (χ1) is 13.5. The predicted octanol–water partition coefficient (Wildman–Crippen LogP) is 2.27. The second-order valence-electron chi connectivity index (χ2n) is 6.02. The lowest BCUT2D eigenvalue weighted by atomic mass is 10.1. The molecular formula is C16H15F3IN5O4. The maximum absolute atomic E-state index is 13.1. The lowest BCUT2D eigenvalue weighted by Gasteiger charge is -2.17. The molecule has 0 atom stereocenters. The van der Waals surface area contributed by atoms with Crippen molar-refractivity contribution in [3.05, 3.63) is 44.6 Å². The third kappa shape index (κ3) is 3.90. The van der Waals surface area contributed by atoms with E-state index in [1.807, 2.05) is 0 Å². The number of amides is 1. The number of alkyl halides is 3. The molecule has 1 aromatic heterocycles. The third-order valence-corrected chi connectivity index (χ3v) is 6.15. The Labute approximate surface area is 172 Å². The van der Waals surface area contributed by atoms with Gasteiger partial charge in [-0.1, -0.05) is 0 Å². The van der Waals surface area contributed by atoms with E-state index < -0.39 is 50.2 Å². The lowest BCUT2D eigenvalue weighted by Crippen LogP contribution is -2.39. The van der Waals surface area contributed by atoms with Crippen molar-refractivity contribution in [1.82, 2.24) is 9.13 Å². The van der Waals surface area contributed by atoms with E-state index >= 15 is 0 Å². The molecule has 0 saturated carbocycles. The molecule has 3 rings (SSSR count). The molecule has 1 aromatic carbocycles. The van der Waals surface area contributed by atoms with Gasteiger partial charge in [-0.2, -0.15) is 16.3 Å². The molecule has 9 nitrogen and oxygen atoms in total. The van der Waals surface area contributed by atoms with Crippen LogP contribution in [0, 0.1) is 0 Å². The van der Waals surface area contributed by atoms with Gasteiger partial charge in [0.05, 0.1) is 12.7 Å². The first-order valence-corrected chi connectivity index (χ1v) is 9.95. The van der Waals surface area contributed by atoms with Gasteiger partial charge < -0.3 is 10.1 Å². The molecule has 0 unspecified atom stereocenters. The van der Waals surface area contributed by atoms with Gasteiger partial charge in [0.2, 0.25) is 5.91 Å². The molecule has 0 aliphatic carbocycles. The summed E-state index contributed by atoms with van der Waals surface area (Å²) in [6.07, 6.45) is -4.65. The number of carbonyl (C=O) groups is 1. The van der Waals surface area contributed by atoms with Gasteiger partial charge in [-0.15, -0.1) is 0 Å². The Morgan fingerprint density at radius 3 is 2.55 bits per heavy atom. The van der Waals surface area contributed by atoms with Crippen LogP contribution in [0.1, 0.15) is 5.56 Å². The van der Waals surface area contributed by atoms with E-state index in [1.54, 1.807) is 0 Å². The van der Waals surface area contributed by atoms with Crippen LogP contribution in [0.25, 0.3) is 0 Å². The molecule has 29 heavy (non-hydrogen) atoms. The van der Waals surface area contributed by atoms with Crippen LogP contribution in [0.3, 0.4) is 0 Å². The van der Waals surface area contributed by atoms with Crippen LogP contribution in [0.4, 0.5) is 30.4 Å². The zero-order chi connectivity index (χ0) is 21.5. The minimum Gasteiger partial charge on any atom is -0.496 e. The van der Waals surface area contributed by atoms with Crippen LogP contribution in [0.5, 0.6) is 5.75 Å². The number of benzene rings is 1. The van der Waals surface area contributed by atoms with E-state index in [0.29, 0.717) is 0 Å². The molecule has 2 aromatic rings. The normalized spacial score (nSPS) is 13.1. The number of fused-ring (bicyclic) bond motifs is 1. The second kappa shape index (κ2) is 7.61. The molecular weight excluding hydrogens is 510 g/mol. The maximum atomic E-state index is 13.1. The molecule has 0 spiro atoms. The fourth-order valence-electron chi connectivity index (χ4n) is 2.68. The summed E-state index contributed by atoms with van der Waals surface area (Å²) < 4.78 is 51.9. The molecule has 156 valence electrons. The lowest BCUT2D eigenvalue weighted by molar-refractivity contribution is -0.138. The smallest absolute Gasteiger partial charge is 0.420 e. The maximum Gasteiger partial charge on any atom is 0.420 e. The van der Waals surface area contributed by atoms with Crippen LogP contribution in [0.15, 0.2) is 30.9 Å². The molecule has 0 bridgehead atoms. The highest BCUT2D eigenvalue weighted by molar-refractivity contribution is 14.2. The number of aromatic nitrogens is 2. The number of nitrogens with one attached hydrogen (secondary N) is 1. The Kier molecular flexibility index (Phi) is 5.51. The first-order valence-electron chi connectivity index (χ1n) is 8.02. The summed E-state index contributed by atoms with van der Waals surface area (Å²) in [7, 11) is 3.90. The van der Waals surface area contributed by atoms with Crippen molar-refractivity contribution in [2.24, 2.45) is 17.2 Å². The third-order valence-electron chi connectivity index (χ3n) is 4.13. The molecule has 1 amide bonds. The largest absolute Gasteiger partial charge is 0.496 e. The molecule has 1 N–H and O–H groups in total. The number of hydrogen-bond acceptors (Lipinski definition) is 6. The van der Waals surface area contributed by atoms with Gasteiger partial charge in [-0.25, -0.2) is 4.79 Å². The summed E-state index contributed by atoms with van der Waals surface area (Å²) in [5.74, 6) is -0.789. The highest BCUT2D eigenvalue weighted by atomic mass is 127. The van der Waals surface area contributed by atoms with Crippen molar-refractivity contribution in [1.29, 1.82) is 0 Å². The van der Waals surface area contributed by atoms with Gasteiger partial charge in [0.25, 0.3) is 5.56 Å². The standard InChI is InChI=1S/C16H15F3IN5O4/c1-23-13-12(14(27)24(2)15(23)28)25(20-22-13)7-11(26)21-8-4-5-10(29-3)9(6-8)16(17,18)19/h4-6H,7H2,1-3H3,(H,21,26). The quantitative estimate of drug-likeness (QED) is 0.488. The van der Waals surface area contributed by atoms with Crippen molar-refractivity contribution in [2.75, 3.05) is 22.1 Å². The molecule has 0 radical (unpaired) electrons. The topological polar surface area (TPSA) is 97.9 Å². The Morgan fingerprint density at radius 2 is 1.93 bits per heavy atom. The van der Waals surface area contributed by atoms with Crippen molar-refractivity contribution in [3.63, 3.8) is 0 Å². The molecule has 0 saturated heterocycles. The Bertz CT molecular complexity index is 1140. The van der Waals surface area contributed by atoms with Crippen LogP contribution < -0.4 is 24.4 Å². The van der Waals surface area contributed by atoms with Gasteiger partial charge in [-0.05, 0) is 18.2 Å². The van der Waals surface area contributed by atoms with Gasteiger partial charge in [0.1, 0.15) is 33.6 Å². The SMILES string of the molecule is COc1ccc(NC(=O)CN2I=Nc3c2c(=O)n(C)c(=O)n3C)cc1C(F)(F)F. The number of anilines is 2. The molecule has 0 fully saturated rings. The number of nitrogens with zero attached hydrogens (tertiary/aromatic N) is 4. The number of methoxy groups -OCH3 is 1. The zero-order valence-electron chi connectivity index (χ0n) is 15.4. The highest BCUT2D eigenvalue weighted by Gasteiger charge is 2.35. The number of carbonyl (C=O) groups excluding carboxylic acids is 1. The fraction of sp³-hybridized carbons (Fsp3) is 0.312. The van der Waals surface area contributed by atoms with Gasteiger partial charge in [0.15, 0.2) is 11.5 Å². The molecule has 13 heteroatoms. The van der Waals surface area contributed by atoms with Crippen LogP contribution >= 0.6 is 21.3 Å². The average molecular weight is 525 g/mol. The fourth-order valence-corrected chi connectivity index (χ4v) is 4.80. The van der Waals surface area contributed by atoms with Gasteiger partial charge in [-0.3, -0.25) is 21.8 Å². The predicted molar refractivity (Wildman–Crippen MR) is 107 cm³/mol. The van der Waals surface area contributed by atoms with Crippen LogP contribution in [0.2, 0.25) is 0 Å². The number of rotatable bonds is 4. The molecule has 1 aliphatic rings. The van der Waals surface area contributed by atoms with E-state index in [2.05, 4.69) is 8.46 Å². The average Bonchev–Trinajstić information content (AvgIpc) is 3.07. The van der Waals surface area contributed by atoms with Gasteiger partial charge in [0, 0.05) is 19.8 Å². The van der Waals surface area contributed by atoms with Crippen molar-refractivity contribution < 1.29 is 22.7 Å². The van der Waals surface area contributed by atoms with Gasteiger partial charge >= 0.3 is 11.9 Å². The number of hydrogen-bond donors (Lipinski definition) is 1. The Morgan fingerprint density at radius 1 is 1.24 bits per heavy atom. The monoisotopic (exact) mass is 525 g/mol. The summed E-state index contributed by atoms with van der Waals surface area (Å²) >= 11 is -1.13. The van der Waals surface area contributed by atoms with E-state index in [1.165, 1.54) is 27.8 Å². The van der Waals surface area contributed by atoms with Crippen molar-refractivity contribution >= 4 is 44.4 Å². The van der Waals surface area contributed by atoms with Crippen molar-refractivity contribution in [3.8, 4) is 5.75 Å². The Balaban J connectivity index is 1.84. The summed E-state index contributed by atoms with van der Waals surface area (Å²) in [6, 6.07) is 3.17. The summed E-state index contributed by atoms with van der Waals surface area (Å²) in [6.45, 7) is -0.287. The van der Waals surface area contributed by atoms with E-state index in [0.717, 1.165) is 23.8 Å². The summed E-state index contributed by atoms with van der Waals surface area (Å²) in [5.41, 5.74) is -2.07. The first kappa shape index (κ1) is 21.0. The van der Waals surface area contributed by atoms with Crippen LogP contribution in [-0.2, 0) is 25.1 Å². The van der Waals surface area contributed by atoms with Crippen molar-refractivity contribution in [2.45, 2.75) is 6.18 Å². The summed E-state index contributed by atoms with van der Waals surface area (Å²) in [5, 5.41) is 2.39. The van der Waals surface area contributed by atoms with E-state index in [4.69, 9.17) is 4.74 Å². The van der Waals surface area contributed by atoms with E-state index in [9.17, 15) is 27.6 Å². The summed E-state index contributed by atoms with van der Waals surface area (Å²) in [4.78, 5) is 36.7. The number of ether oxygens (including phenoxy) is 1. The minimum atomic E-state index is -4.65. The second-order valence-corrected chi connectivity index (χ2v) is 8.10. The molecule has 1 aliphatic heterocycles. The van der Waals surface area contributed by atoms with E-state index in [-0.39, 0.29) is 29.5 Å². The Hall–Kier alpha value is -2.71. The van der Waals surface area contributed by atoms with Crippen LogP contribution in [-0.4, -0.2) is 28.7 Å².